The van der Waals surface area contributed by atoms with Crippen LogP contribution in [0.4, 0.5) is 10.1 Å². The normalized spacial score (nSPS) is 24.1. The first kappa shape index (κ1) is 18.2. The number of anilines is 1. The summed E-state index contributed by atoms with van der Waals surface area (Å²) in [5.74, 6) is 0.134. The zero-order valence-corrected chi connectivity index (χ0v) is 15.5. The van der Waals surface area contributed by atoms with Crippen LogP contribution in [-0.2, 0) is 5.60 Å². The number of benzene rings is 2. The maximum atomic E-state index is 13.5. The highest BCUT2D eigenvalue weighted by Gasteiger charge is 2.40. The lowest BCUT2D eigenvalue weighted by Crippen LogP contribution is -2.44. The topological polar surface area (TPSA) is 32.3 Å². The molecule has 0 bridgehead atoms. The minimum atomic E-state index is -0.922. The molecule has 0 radical (unpaired) electrons. The summed E-state index contributed by atoms with van der Waals surface area (Å²) in [6.45, 7) is 4.39. The molecular weight excluding hydrogens is 337 g/mol. The van der Waals surface area contributed by atoms with Crippen LogP contribution in [-0.4, -0.2) is 10.6 Å². The van der Waals surface area contributed by atoms with E-state index in [-0.39, 0.29) is 11.4 Å². The van der Waals surface area contributed by atoms with Crippen LogP contribution in [0.5, 0.6) is 0 Å². The van der Waals surface area contributed by atoms with Crippen molar-refractivity contribution >= 4 is 17.3 Å². The molecule has 2 nitrogen and oxygen atoms in total. The number of aliphatic hydroxyl groups is 1. The van der Waals surface area contributed by atoms with Crippen LogP contribution in [0.3, 0.4) is 0 Å². The van der Waals surface area contributed by atoms with Crippen molar-refractivity contribution < 1.29 is 9.50 Å². The average Bonchev–Trinajstić information content (AvgIpc) is 2.57. The van der Waals surface area contributed by atoms with Crippen molar-refractivity contribution in [3.05, 3.63) is 64.9 Å². The SMILES string of the molecule is CC(C)(Nc1ccc(Cl)cc1)C1CCC(O)(c2cccc(F)c2)CC1. The Bertz CT molecular complexity index is 721. The molecule has 1 fully saturated rings. The van der Waals surface area contributed by atoms with E-state index in [0.29, 0.717) is 24.3 Å². The third-order valence-corrected chi connectivity index (χ3v) is 5.76. The number of hydrogen-bond donors (Lipinski definition) is 2. The standard InChI is InChI=1S/C21H25ClFNO/c1-20(2,24-19-8-6-17(22)7-9-19)15-10-12-21(25,13-11-15)16-4-3-5-18(23)14-16/h3-9,14-15,24-25H,10-13H2,1-2H3. The van der Waals surface area contributed by atoms with Gasteiger partial charge in [0.1, 0.15) is 5.82 Å². The van der Waals surface area contributed by atoms with Crippen LogP contribution in [0.1, 0.15) is 45.1 Å². The van der Waals surface area contributed by atoms with Gasteiger partial charge in [-0.3, -0.25) is 0 Å². The molecule has 1 saturated carbocycles. The van der Waals surface area contributed by atoms with Gasteiger partial charge in [-0.25, -0.2) is 4.39 Å². The summed E-state index contributed by atoms with van der Waals surface area (Å²) < 4.78 is 13.5. The molecule has 4 heteroatoms. The van der Waals surface area contributed by atoms with Crippen molar-refractivity contribution in [2.75, 3.05) is 5.32 Å². The Morgan fingerprint density at radius 2 is 1.76 bits per heavy atom. The summed E-state index contributed by atoms with van der Waals surface area (Å²) >= 11 is 5.95. The number of halogens is 2. The molecule has 2 N–H and O–H groups in total. The molecule has 0 amide bonds. The molecule has 1 aliphatic carbocycles. The van der Waals surface area contributed by atoms with Gasteiger partial charge in [0.05, 0.1) is 5.60 Å². The zero-order valence-electron chi connectivity index (χ0n) is 14.7. The van der Waals surface area contributed by atoms with Gasteiger partial charge in [0.2, 0.25) is 0 Å². The summed E-state index contributed by atoms with van der Waals surface area (Å²) in [6.07, 6.45) is 3.07. The van der Waals surface area contributed by atoms with Crippen LogP contribution < -0.4 is 5.32 Å². The van der Waals surface area contributed by atoms with Crippen LogP contribution in [0.2, 0.25) is 5.02 Å². The van der Waals surface area contributed by atoms with Crippen LogP contribution in [0.25, 0.3) is 0 Å². The Morgan fingerprint density at radius 1 is 1.12 bits per heavy atom. The molecule has 0 aromatic heterocycles. The maximum Gasteiger partial charge on any atom is 0.123 e. The molecule has 134 valence electrons. The lowest BCUT2D eigenvalue weighted by atomic mass is 9.69. The van der Waals surface area contributed by atoms with Gasteiger partial charge in [-0.1, -0.05) is 23.7 Å². The lowest BCUT2D eigenvalue weighted by Gasteiger charge is -2.43. The highest BCUT2D eigenvalue weighted by molar-refractivity contribution is 6.30. The molecule has 0 unspecified atom stereocenters. The number of rotatable bonds is 4. The average molecular weight is 362 g/mol. The van der Waals surface area contributed by atoms with E-state index in [4.69, 9.17) is 11.6 Å². The second kappa shape index (κ2) is 6.97. The smallest absolute Gasteiger partial charge is 0.123 e. The van der Waals surface area contributed by atoms with Gasteiger partial charge >= 0.3 is 0 Å². The fraction of sp³-hybridized carbons (Fsp3) is 0.429. The first-order valence-corrected chi connectivity index (χ1v) is 9.18. The predicted molar refractivity (Wildman–Crippen MR) is 101 cm³/mol. The Hall–Kier alpha value is -1.58. The first-order chi connectivity index (χ1) is 11.8. The summed E-state index contributed by atoms with van der Waals surface area (Å²) in [5, 5.41) is 15.3. The van der Waals surface area contributed by atoms with Crippen molar-refractivity contribution in [2.24, 2.45) is 5.92 Å². The van der Waals surface area contributed by atoms with E-state index in [2.05, 4.69) is 19.2 Å². The van der Waals surface area contributed by atoms with Crippen LogP contribution >= 0.6 is 11.6 Å². The van der Waals surface area contributed by atoms with E-state index >= 15 is 0 Å². The first-order valence-electron chi connectivity index (χ1n) is 8.81. The molecule has 25 heavy (non-hydrogen) atoms. The lowest BCUT2D eigenvalue weighted by molar-refractivity contribution is -0.0212. The van der Waals surface area contributed by atoms with E-state index in [1.807, 2.05) is 30.3 Å². The highest BCUT2D eigenvalue weighted by Crippen LogP contribution is 2.43. The zero-order chi connectivity index (χ0) is 18.1. The van der Waals surface area contributed by atoms with Crippen LogP contribution in [0.15, 0.2) is 48.5 Å². The van der Waals surface area contributed by atoms with Gasteiger partial charge in [-0.2, -0.15) is 0 Å². The Labute approximate surface area is 154 Å². The molecule has 3 rings (SSSR count). The Morgan fingerprint density at radius 3 is 2.36 bits per heavy atom. The minimum Gasteiger partial charge on any atom is -0.385 e. The molecule has 0 spiro atoms. The van der Waals surface area contributed by atoms with E-state index in [1.54, 1.807) is 6.07 Å². The van der Waals surface area contributed by atoms with Crippen molar-refractivity contribution in [3.8, 4) is 0 Å². The predicted octanol–water partition coefficient (Wildman–Crippen LogP) is 5.75. The van der Waals surface area contributed by atoms with Gasteiger partial charge < -0.3 is 10.4 Å². The molecule has 1 aliphatic rings. The molecule has 0 aliphatic heterocycles. The largest absolute Gasteiger partial charge is 0.385 e. The van der Waals surface area contributed by atoms with E-state index in [9.17, 15) is 9.50 Å². The molecule has 0 saturated heterocycles. The highest BCUT2D eigenvalue weighted by atomic mass is 35.5. The molecule has 0 heterocycles. The summed E-state index contributed by atoms with van der Waals surface area (Å²) in [7, 11) is 0. The van der Waals surface area contributed by atoms with Crippen molar-refractivity contribution in [1.82, 2.24) is 0 Å². The van der Waals surface area contributed by atoms with Gasteiger partial charge in [-0.05, 0) is 87.4 Å². The molecule has 2 aromatic rings. The Kier molecular flexibility index (Phi) is 5.08. The fourth-order valence-electron chi connectivity index (χ4n) is 3.89. The van der Waals surface area contributed by atoms with Gasteiger partial charge in [0.25, 0.3) is 0 Å². The van der Waals surface area contributed by atoms with Gasteiger partial charge in [-0.15, -0.1) is 0 Å². The van der Waals surface area contributed by atoms with Crippen molar-refractivity contribution in [3.63, 3.8) is 0 Å². The van der Waals surface area contributed by atoms with Gasteiger partial charge in [0, 0.05) is 16.2 Å². The van der Waals surface area contributed by atoms with Gasteiger partial charge in [0.15, 0.2) is 0 Å². The molecular formula is C21H25ClFNO. The van der Waals surface area contributed by atoms with Crippen molar-refractivity contribution in [2.45, 2.75) is 50.7 Å². The number of nitrogens with one attached hydrogen (secondary N) is 1. The Balaban J connectivity index is 1.67. The van der Waals surface area contributed by atoms with E-state index in [1.165, 1.54) is 12.1 Å². The van der Waals surface area contributed by atoms with E-state index < -0.39 is 5.60 Å². The van der Waals surface area contributed by atoms with Crippen molar-refractivity contribution in [1.29, 1.82) is 0 Å². The quantitative estimate of drug-likeness (QED) is 0.726. The van der Waals surface area contributed by atoms with E-state index in [0.717, 1.165) is 23.6 Å². The summed E-state index contributed by atoms with van der Waals surface area (Å²) in [6, 6.07) is 14.1. The second-order valence-corrected chi connectivity index (χ2v) is 8.11. The number of hydrogen-bond acceptors (Lipinski definition) is 2. The summed E-state index contributed by atoms with van der Waals surface area (Å²) in [4.78, 5) is 0. The fourth-order valence-corrected chi connectivity index (χ4v) is 4.02. The van der Waals surface area contributed by atoms with Crippen LogP contribution in [0, 0.1) is 11.7 Å². The minimum absolute atomic E-state index is 0.100. The monoisotopic (exact) mass is 361 g/mol. The molecule has 2 aromatic carbocycles. The maximum absolute atomic E-state index is 13.5. The summed E-state index contributed by atoms with van der Waals surface area (Å²) in [5.41, 5.74) is 0.710. The third-order valence-electron chi connectivity index (χ3n) is 5.51. The second-order valence-electron chi connectivity index (χ2n) is 7.67. The molecule has 0 atom stereocenters. The third kappa shape index (κ3) is 4.16.